The van der Waals surface area contributed by atoms with Gasteiger partial charge in [0, 0.05) is 6.04 Å². The third-order valence-electron chi connectivity index (χ3n) is 7.26. The Labute approximate surface area is 223 Å². The molecule has 206 valence electrons. The molecule has 0 bridgehead atoms. The summed E-state index contributed by atoms with van der Waals surface area (Å²) in [6.45, 7) is 12.3. The molecule has 0 aliphatic heterocycles. The van der Waals surface area contributed by atoms with Crippen molar-refractivity contribution < 1.29 is 28.5 Å². The van der Waals surface area contributed by atoms with Crippen molar-refractivity contribution in [3.63, 3.8) is 0 Å². The van der Waals surface area contributed by atoms with Gasteiger partial charge < -0.3 is 28.5 Å². The van der Waals surface area contributed by atoms with Crippen molar-refractivity contribution in [1.29, 1.82) is 0 Å². The molecule has 0 N–H and O–H groups in total. The predicted octanol–water partition coefficient (Wildman–Crippen LogP) is 6.08. The molecular formula is C30H45NO6. The van der Waals surface area contributed by atoms with E-state index >= 15 is 0 Å². The van der Waals surface area contributed by atoms with Gasteiger partial charge in [0.05, 0.1) is 40.0 Å². The third kappa shape index (κ3) is 6.89. The van der Waals surface area contributed by atoms with Gasteiger partial charge in [-0.1, -0.05) is 19.9 Å². The van der Waals surface area contributed by atoms with E-state index in [1.54, 1.807) is 21.3 Å². The lowest BCUT2D eigenvalue weighted by atomic mass is 9.69. The van der Waals surface area contributed by atoms with Crippen LogP contribution in [0, 0.1) is 5.92 Å². The van der Waals surface area contributed by atoms with Crippen LogP contribution in [-0.4, -0.2) is 59.3 Å². The number of rotatable bonds is 16. The lowest BCUT2D eigenvalue weighted by molar-refractivity contribution is -0.114. The maximum atomic E-state index is 12.7. The Kier molecular flexibility index (Phi) is 11.6. The Hall–Kier alpha value is -2.93. The van der Waals surface area contributed by atoms with Gasteiger partial charge in [-0.3, -0.25) is 4.90 Å². The summed E-state index contributed by atoms with van der Waals surface area (Å²) in [6.07, 6.45) is 2.61. The Morgan fingerprint density at radius 1 is 0.865 bits per heavy atom. The highest BCUT2D eigenvalue weighted by Gasteiger charge is 2.37. The number of aldehydes is 1. The maximum Gasteiger partial charge on any atom is 0.203 e. The zero-order chi connectivity index (χ0) is 27.6. The monoisotopic (exact) mass is 515 g/mol. The second kappa shape index (κ2) is 14.1. The average molecular weight is 516 g/mol. The summed E-state index contributed by atoms with van der Waals surface area (Å²) in [5.41, 5.74) is 1.35. The van der Waals surface area contributed by atoms with Crippen LogP contribution >= 0.6 is 0 Å². The van der Waals surface area contributed by atoms with Gasteiger partial charge in [-0.05, 0) is 88.5 Å². The number of nitrogens with zero attached hydrogens (tertiary/aromatic N) is 1. The van der Waals surface area contributed by atoms with Crippen LogP contribution in [0.4, 0.5) is 0 Å². The summed E-state index contributed by atoms with van der Waals surface area (Å²) in [5.74, 6) is 3.23. The van der Waals surface area contributed by atoms with Crippen LogP contribution in [0.3, 0.4) is 0 Å². The minimum absolute atomic E-state index is 0.0791. The molecule has 0 fully saturated rings. The number of hydrogen-bond acceptors (Lipinski definition) is 7. The molecule has 37 heavy (non-hydrogen) atoms. The SMILES string of the molecule is CCOc1ccc(C(C)N(C)CCCC(C=O)(c2cc(OC)c(OC)c(OC)c2)C(C)C)cc1OCC. The normalized spacial score (nSPS) is 13.7. The van der Waals surface area contributed by atoms with Gasteiger partial charge in [0.2, 0.25) is 5.75 Å². The Morgan fingerprint density at radius 2 is 1.46 bits per heavy atom. The molecule has 2 rings (SSSR count). The van der Waals surface area contributed by atoms with Gasteiger partial charge in [-0.2, -0.15) is 0 Å². The molecule has 0 saturated heterocycles. The Morgan fingerprint density at radius 3 is 1.95 bits per heavy atom. The van der Waals surface area contributed by atoms with Crippen LogP contribution in [0.25, 0.3) is 0 Å². The highest BCUT2D eigenvalue weighted by atomic mass is 16.5. The zero-order valence-electron chi connectivity index (χ0n) is 24.1. The van der Waals surface area contributed by atoms with E-state index in [0.717, 1.165) is 41.9 Å². The summed E-state index contributed by atoms with van der Waals surface area (Å²) < 4.78 is 28.1. The second-order valence-corrected chi connectivity index (χ2v) is 9.56. The average Bonchev–Trinajstić information content (AvgIpc) is 2.90. The molecule has 2 unspecified atom stereocenters. The second-order valence-electron chi connectivity index (χ2n) is 9.56. The topological polar surface area (TPSA) is 66.5 Å². The van der Waals surface area contributed by atoms with Crippen LogP contribution in [0.1, 0.15) is 64.6 Å². The molecule has 0 spiro atoms. The molecule has 2 atom stereocenters. The van der Waals surface area contributed by atoms with Crippen LogP contribution in [-0.2, 0) is 10.2 Å². The highest BCUT2D eigenvalue weighted by molar-refractivity contribution is 5.71. The molecule has 0 amide bonds. The van der Waals surface area contributed by atoms with Crippen LogP contribution in [0.5, 0.6) is 28.7 Å². The number of carbonyl (C=O) groups excluding carboxylic acids is 1. The van der Waals surface area contributed by atoms with Crippen molar-refractivity contribution in [1.82, 2.24) is 4.90 Å². The van der Waals surface area contributed by atoms with Gasteiger partial charge in [-0.25, -0.2) is 0 Å². The largest absolute Gasteiger partial charge is 0.493 e. The number of hydrogen-bond donors (Lipinski definition) is 0. The van der Waals surface area contributed by atoms with Crippen LogP contribution < -0.4 is 23.7 Å². The van der Waals surface area contributed by atoms with E-state index in [1.807, 2.05) is 32.0 Å². The number of methoxy groups -OCH3 is 3. The quantitative estimate of drug-likeness (QED) is 0.251. The van der Waals surface area contributed by atoms with Gasteiger partial charge in [0.15, 0.2) is 23.0 Å². The summed E-state index contributed by atoms with van der Waals surface area (Å²) in [6, 6.07) is 10.1. The van der Waals surface area contributed by atoms with Crippen molar-refractivity contribution in [2.45, 2.75) is 58.9 Å². The minimum Gasteiger partial charge on any atom is -0.493 e. The Bertz CT molecular complexity index is 983. The highest BCUT2D eigenvalue weighted by Crippen LogP contribution is 2.44. The fraction of sp³-hybridized carbons (Fsp3) is 0.567. The predicted molar refractivity (Wildman–Crippen MR) is 148 cm³/mol. The van der Waals surface area contributed by atoms with E-state index in [0.29, 0.717) is 36.9 Å². The number of ether oxygens (including phenoxy) is 5. The third-order valence-corrected chi connectivity index (χ3v) is 7.26. The first-order valence-corrected chi connectivity index (χ1v) is 13.1. The fourth-order valence-corrected chi connectivity index (χ4v) is 4.78. The van der Waals surface area contributed by atoms with E-state index in [-0.39, 0.29) is 12.0 Å². The standard InChI is InChI=1S/C30H45NO6/c1-10-36-25-14-13-23(17-26(25)37-11-2)22(5)31(6)16-12-15-30(20-32,21(3)4)24-18-27(33-7)29(35-9)28(19-24)34-8/h13-14,17-22H,10-12,15-16H2,1-9H3. The van der Waals surface area contributed by atoms with E-state index in [1.165, 1.54) is 0 Å². The first-order valence-electron chi connectivity index (χ1n) is 13.1. The molecule has 2 aromatic rings. The first-order chi connectivity index (χ1) is 17.7. The number of carbonyl (C=O) groups is 1. The molecule has 0 aromatic heterocycles. The molecule has 0 saturated carbocycles. The maximum absolute atomic E-state index is 12.7. The number of benzene rings is 2. The molecular weight excluding hydrogens is 470 g/mol. The lowest BCUT2D eigenvalue weighted by Crippen LogP contribution is -2.35. The summed E-state index contributed by atoms with van der Waals surface area (Å²) in [5, 5.41) is 0. The molecule has 0 heterocycles. The van der Waals surface area contributed by atoms with E-state index in [4.69, 9.17) is 23.7 Å². The fourth-order valence-electron chi connectivity index (χ4n) is 4.78. The lowest BCUT2D eigenvalue weighted by Gasteiger charge is -2.35. The van der Waals surface area contributed by atoms with E-state index in [9.17, 15) is 4.79 Å². The molecule has 0 radical (unpaired) electrons. The van der Waals surface area contributed by atoms with Crippen molar-refractivity contribution in [2.75, 3.05) is 48.1 Å². The smallest absolute Gasteiger partial charge is 0.203 e. The summed E-state index contributed by atoms with van der Waals surface area (Å²) >= 11 is 0. The van der Waals surface area contributed by atoms with Crippen LogP contribution in [0.2, 0.25) is 0 Å². The first kappa shape index (κ1) is 30.3. The molecule has 7 nitrogen and oxygen atoms in total. The molecule has 7 heteroatoms. The van der Waals surface area contributed by atoms with Gasteiger partial charge in [0.25, 0.3) is 0 Å². The Balaban J connectivity index is 2.24. The van der Waals surface area contributed by atoms with Crippen molar-refractivity contribution in [2.24, 2.45) is 5.92 Å². The van der Waals surface area contributed by atoms with Crippen LogP contribution in [0.15, 0.2) is 30.3 Å². The van der Waals surface area contributed by atoms with E-state index in [2.05, 4.69) is 44.9 Å². The van der Waals surface area contributed by atoms with Crippen molar-refractivity contribution in [3.05, 3.63) is 41.5 Å². The minimum atomic E-state index is -0.682. The van der Waals surface area contributed by atoms with Crippen molar-refractivity contribution in [3.8, 4) is 28.7 Å². The van der Waals surface area contributed by atoms with Gasteiger partial charge in [-0.15, -0.1) is 0 Å². The summed E-state index contributed by atoms with van der Waals surface area (Å²) in [7, 11) is 6.87. The molecule has 2 aromatic carbocycles. The van der Waals surface area contributed by atoms with Gasteiger partial charge in [0.1, 0.15) is 6.29 Å². The zero-order valence-corrected chi connectivity index (χ0v) is 24.1. The van der Waals surface area contributed by atoms with E-state index < -0.39 is 5.41 Å². The van der Waals surface area contributed by atoms with Crippen molar-refractivity contribution >= 4 is 6.29 Å². The molecule has 0 aliphatic carbocycles. The molecule has 0 aliphatic rings. The van der Waals surface area contributed by atoms with Gasteiger partial charge >= 0.3 is 0 Å². The summed E-state index contributed by atoms with van der Waals surface area (Å²) in [4.78, 5) is 15.0.